The lowest BCUT2D eigenvalue weighted by Gasteiger charge is -2.19. The van der Waals surface area contributed by atoms with Gasteiger partial charge in [-0.1, -0.05) is 32.9 Å². The van der Waals surface area contributed by atoms with Crippen LogP contribution in [0.2, 0.25) is 0 Å². The zero-order chi connectivity index (χ0) is 19.3. The van der Waals surface area contributed by atoms with Crippen LogP contribution in [0.3, 0.4) is 0 Å². The third-order valence-corrected chi connectivity index (χ3v) is 4.42. The molecule has 0 aliphatic heterocycles. The lowest BCUT2D eigenvalue weighted by atomic mass is 9.87. The second-order valence-electron chi connectivity index (χ2n) is 6.81. The van der Waals surface area contributed by atoms with E-state index in [0.717, 1.165) is 5.56 Å². The Morgan fingerprint density at radius 2 is 1.50 bits per heavy atom. The third kappa shape index (κ3) is 5.08. The zero-order valence-electron chi connectivity index (χ0n) is 15.4. The highest BCUT2D eigenvalue weighted by atomic mass is 79.9. The van der Waals surface area contributed by atoms with Gasteiger partial charge in [0.15, 0.2) is 0 Å². The van der Waals surface area contributed by atoms with E-state index in [4.69, 9.17) is 4.74 Å². The van der Waals surface area contributed by atoms with Gasteiger partial charge in [-0.3, -0.25) is 20.4 Å². The summed E-state index contributed by atoms with van der Waals surface area (Å²) >= 11 is 3.36. The molecule has 0 aliphatic rings. The van der Waals surface area contributed by atoms with Crippen LogP contribution in [0.15, 0.2) is 46.9 Å². The summed E-state index contributed by atoms with van der Waals surface area (Å²) in [5, 5.41) is 0. The molecule has 0 aliphatic carbocycles. The fourth-order valence-electron chi connectivity index (χ4n) is 2.29. The Balaban J connectivity index is 1.98. The molecule has 2 aromatic rings. The Kier molecular flexibility index (Phi) is 6.42. The lowest BCUT2D eigenvalue weighted by molar-refractivity contribution is 0.0846. The highest BCUT2D eigenvalue weighted by Gasteiger charge is 2.15. The summed E-state index contributed by atoms with van der Waals surface area (Å²) in [6, 6.07) is 12.3. The van der Waals surface area contributed by atoms with Crippen molar-refractivity contribution in [1.29, 1.82) is 0 Å². The molecule has 0 aromatic heterocycles. The molecule has 0 heterocycles. The molecule has 0 unspecified atom stereocenters. The Morgan fingerprint density at radius 1 is 0.962 bits per heavy atom. The van der Waals surface area contributed by atoms with Crippen LogP contribution in [0.4, 0.5) is 0 Å². The number of amides is 2. The van der Waals surface area contributed by atoms with Crippen molar-refractivity contribution in [2.45, 2.75) is 33.1 Å². The number of carbonyl (C=O) groups is 2. The molecule has 5 nitrogen and oxygen atoms in total. The standard InChI is InChI=1S/C20H23BrN2O3/c1-5-26-17-11-8-14(12-16(17)21)19(25)23-22-18(24)13-6-9-15(10-7-13)20(2,3)4/h6-12H,5H2,1-4H3,(H,22,24)(H,23,25). The molecule has 6 heteroatoms. The molecule has 0 spiro atoms. The summed E-state index contributed by atoms with van der Waals surface area (Å²) in [6.45, 7) is 8.75. The van der Waals surface area contributed by atoms with E-state index in [1.165, 1.54) is 0 Å². The van der Waals surface area contributed by atoms with Crippen LogP contribution >= 0.6 is 15.9 Å². The highest BCUT2D eigenvalue weighted by molar-refractivity contribution is 9.10. The van der Waals surface area contributed by atoms with Crippen LogP contribution < -0.4 is 15.6 Å². The number of rotatable bonds is 4. The normalized spacial score (nSPS) is 11.0. The summed E-state index contributed by atoms with van der Waals surface area (Å²) in [4.78, 5) is 24.4. The van der Waals surface area contributed by atoms with Crippen molar-refractivity contribution >= 4 is 27.7 Å². The van der Waals surface area contributed by atoms with Gasteiger partial charge in [-0.2, -0.15) is 0 Å². The van der Waals surface area contributed by atoms with E-state index < -0.39 is 5.91 Å². The molecule has 2 N–H and O–H groups in total. The topological polar surface area (TPSA) is 67.4 Å². The summed E-state index contributed by atoms with van der Waals surface area (Å²) in [6.07, 6.45) is 0. The van der Waals surface area contributed by atoms with Gasteiger partial charge < -0.3 is 4.74 Å². The van der Waals surface area contributed by atoms with Crippen LogP contribution in [0.25, 0.3) is 0 Å². The molecule has 0 fully saturated rings. The molecular formula is C20H23BrN2O3. The van der Waals surface area contributed by atoms with Gasteiger partial charge in [-0.05, 0) is 64.2 Å². The molecule has 0 saturated carbocycles. The predicted octanol–water partition coefficient (Wildman–Crippen LogP) is 4.22. The van der Waals surface area contributed by atoms with E-state index >= 15 is 0 Å². The molecular weight excluding hydrogens is 396 g/mol. The summed E-state index contributed by atoms with van der Waals surface area (Å²) in [7, 11) is 0. The number of hydrogen-bond acceptors (Lipinski definition) is 3. The predicted molar refractivity (Wildman–Crippen MR) is 105 cm³/mol. The fourth-order valence-corrected chi connectivity index (χ4v) is 2.79. The molecule has 2 amide bonds. The van der Waals surface area contributed by atoms with Crippen LogP contribution in [-0.2, 0) is 5.41 Å². The van der Waals surface area contributed by atoms with Gasteiger partial charge in [-0.25, -0.2) is 0 Å². The quantitative estimate of drug-likeness (QED) is 0.730. The van der Waals surface area contributed by atoms with Crippen molar-refractivity contribution in [3.63, 3.8) is 0 Å². The number of benzene rings is 2. The highest BCUT2D eigenvalue weighted by Crippen LogP contribution is 2.26. The first-order valence-electron chi connectivity index (χ1n) is 8.36. The first-order chi connectivity index (χ1) is 12.2. The van der Waals surface area contributed by atoms with E-state index in [1.807, 2.05) is 19.1 Å². The van der Waals surface area contributed by atoms with E-state index in [1.54, 1.807) is 30.3 Å². The Labute approximate surface area is 162 Å². The zero-order valence-corrected chi connectivity index (χ0v) is 16.9. The van der Waals surface area contributed by atoms with Gasteiger partial charge in [0.2, 0.25) is 0 Å². The maximum Gasteiger partial charge on any atom is 0.269 e. The minimum absolute atomic E-state index is 0.0181. The summed E-state index contributed by atoms with van der Waals surface area (Å²) < 4.78 is 6.09. The first-order valence-corrected chi connectivity index (χ1v) is 9.15. The molecule has 26 heavy (non-hydrogen) atoms. The smallest absolute Gasteiger partial charge is 0.269 e. The van der Waals surface area contributed by atoms with Crippen molar-refractivity contribution < 1.29 is 14.3 Å². The fraction of sp³-hybridized carbons (Fsp3) is 0.300. The van der Waals surface area contributed by atoms with E-state index in [0.29, 0.717) is 28.0 Å². The molecule has 0 radical (unpaired) electrons. The lowest BCUT2D eigenvalue weighted by Crippen LogP contribution is -2.41. The number of carbonyl (C=O) groups excluding carboxylic acids is 2. The van der Waals surface area contributed by atoms with E-state index in [-0.39, 0.29) is 11.3 Å². The molecule has 138 valence electrons. The number of nitrogens with one attached hydrogen (secondary N) is 2. The largest absolute Gasteiger partial charge is 0.493 e. The SMILES string of the molecule is CCOc1ccc(C(=O)NNC(=O)c2ccc(C(C)(C)C)cc2)cc1Br. The summed E-state index contributed by atoms with van der Waals surface area (Å²) in [5.74, 6) is -0.121. The molecule has 0 saturated heterocycles. The third-order valence-electron chi connectivity index (χ3n) is 3.80. The molecule has 0 bridgehead atoms. The van der Waals surface area contributed by atoms with Crippen molar-refractivity contribution in [2.75, 3.05) is 6.61 Å². The van der Waals surface area contributed by atoms with Crippen molar-refractivity contribution in [1.82, 2.24) is 10.9 Å². The molecule has 2 rings (SSSR count). The maximum atomic E-state index is 12.2. The molecule has 0 atom stereocenters. The molecule has 2 aromatic carbocycles. The van der Waals surface area contributed by atoms with Crippen molar-refractivity contribution in [3.05, 3.63) is 63.6 Å². The van der Waals surface area contributed by atoms with Crippen LogP contribution in [0.5, 0.6) is 5.75 Å². The number of hydrazine groups is 1. The second kappa shape index (κ2) is 8.36. The van der Waals surface area contributed by atoms with Gasteiger partial charge in [0.25, 0.3) is 11.8 Å². The number of hydrogen-bond donors (Lipinski definition) is 2. The first kappa shape index (κ1) is 20.0. The van der Waals surface area contributed by atoms with Crippen LogP contribution in [0, 0.1) is 0 Å². The van der Waals surface area contributed by atoms with E-state index in [9.17, 15) is 9.59 Å². The van der Waals surface area contributed by atoms with Gasteiger partial charge in [0.1, 0.15) is 5.75 Å². The van der Waals surface area contributed by atoms with Gasteiger partial charge in [-0.15, -0.1) is 0 Å². The number of halogens is 1. The van der Waals surface area contributed by atoms with Crippen molar-refractivity contribution in [3.8, 4) is 5.75 Å². The maximum absolute atomic E-state index is 12.2. The van der Waals surface area contributed by atoms with Gasteiger partial charge in [0, 0.05) is 11.1 Å². The van der Waals surface area contributed by atoms with E-state index in [2.05, 4.69) is 47.6 Å². The Hall–Kier alpha value is -2.34. The van der Waals surface area contributed by atoms with Crippen LogP contribution in [0.1, 0.15) is 54.0 Å². The Morgan fingerprint density at radius 3 is 2.00 bits per heavy atom. The van der Waals surface area contributed by atoms with Crippen LogP contribution in [-0.4, -0.2) is 18.4 Å². The van der Waals surface area contributed by atoms with Crippen molar-refractivity contribution in [2.24, 2.45) is 0 Å². The Bertz CT molecular complexity index is 796. The van der Waals surface area contributed by atoms with Gasteiger partial charge >= 0.3 is 0 Å². The summed E-state index contributed by atoms with van der Waals surface area (Å²) in [5.41, 5.74) is 6.89. The van der Waals surface area contributed by atoms with Gasteiger partial charge in [0.05, 0.1) is 11.1 Å². The second-order valence-corrected chi connectivity index (χ2v) is 7.67. The average Bonchev–Trinajstić information content (AvgIpc) is 2.60. The average molecular weight is 419 g/mol. The minimum Gasteiger partial charge on any atom is -0.493 e. The monoisotopic (exact) mass is 418 g/mol. The number of ether oxygens (including phenoxy) is 1. The minimum atomic E-state index is -0.409.